The van der Waals surface area contributed by atoms with E-state index in [-0.39, 0.29) is 0 Å². The maximum absolute atomic E-state index is 13.8. The molecule has 0 saturated carbocycles. The number of hydrogen-bond acceptors (Lipinski definition) is 12. The molecule has 1 fully saturated rings. The second kappa shape index (κ2) is 9.75. The van der Waals surface area contributed by atoms with Gasteiger partial charge < -0.3 is 14.7 Å². The molecule has 0 spiro atoms. The molecule has 2 heterocycles. The Kier molecular flexibility index (Phi) is 8.20. The first-order chi connectivity index (χ1) is 14.3. The molecular weight excluding hydrogens is 496 g/mol. The summed E-state index contributed by atoms with van der Waals surface area (Å²) in [5.41, 5.74) is -3.84. The summed E-state index contributed by atoms with van der Waals surface area (Å²) in [4.78, 5) is 43.1. The number of aromatic amines is 1. The quantitative estimate of drug-likeness (QED) is 0.159. The van der Waals surface area contributed by atoms with Crippen molar-refractivity contribution in [3.8, 4) is 0 Å². The van der Waals surface area contributed by atoms with Crippen LogP contribution in [0.1, 0.15) is 13.2 Å². The number of ether oxygens (including phenoxy) is 1. The van der Waals surface area contributed by atoms with Crippen LogP contribution in [-0.2, 0) is 36.3 Å². The van der Waals surface area contributed by atoms with Crippen molar-refractivity contribution in [3.63, 3.8) is 0 Å². The van der Waals surface area contributed by atoms with Gasteiger partial charge in [0.1, 0.15) is 19.5 Å². The SMILES string of the molecule is C[C@@H]1[C@H](n2ccc(=O)[nH]c2=O)O[C@](CF)(CO[P+](=O)OP(=O)(O)OP(=O)(O)OO)[C@H]1O. The van der Waals surface area contributed by atoms with E-state index in [9.17, 15) is 37.7 Å². The highest BCUT2D eigenvalue weighted by molar-refractivity contribution is 7.64. The third kappa shape index (κ3) is 6.20. The first kappa shape index (κ1) is 26.1. The third-order valence-corrected chi connectivity index (χ3v) is 7.64. The molecular formula is C11H17FN2O14P3+. The van der Waals surface area contributed by atoms with Crippen molar-refractivity contribution < 1.29 is 60.8 Å². The zero-order valence-electron chi connectivity index (χ0n) is 15.3. The minimum Gasteiger partial charge on any atom is -0.389 e. The molecule has 1 aliphatic heterocycles. The second-order valence-corrected chi connectivity index (χ2v) is 10.3. The summed E-state index contributed by atoms with van der Waals surface area (Å²) in [6, 6.07) is 0.981. The number of halogens is 1. The van der Waals surface area contributed by atoms with Gasteiger partial charge in [-0.3, -0.25) is 19.2 Å². The lowest BCUT2D eigenvalue weighted by Crippen LogP contribution is -2.47. The second-order valence-electron chi connectivity index (χ2n) is 6.21. The summed E-state index contributed by atoms with van der Waals surface area (Å²) in [6.45, 7) is -1.09. The number of phosphoric acid groups is 2. The fourth-order valence-corrected chi connectivity index (χ4v) is 5.43. The molecule has 1 aliphatic rings. The summed E-state index contributed by atoms with van der Waals surface area (Å²) in [7, 11) is -14.6. The van der Waals surface area contributed by atoms with Crippen LogP contribution in [0.2, 0.25) is 0 Å². The Bertz CT molecular complexity index is 1030. The smallest absolute Gasteiger partial charge is 0.389 e. The lowest BCUT2D eigenvalue weighted by atomic mass is 9.92. The summed E-state index contributed by atoms with van der Waals surface area (Å²) >= 11 is 0. The molecule has 0 bridgehead atoms. The molecule has 0 aromatic carbocycles. The summed E-state index contributed by atoms with van der Waals surface area (Å²) < 4.78 is 69.2. The van der Waals surface area contributed by atoms with Gasteiger partial charge in [-0.25, -0.2) is 23.6 Å². The fourth-order valence-electron chi connectivity index (χ4n) is 2.69. The molecule has 7 atom stereocenters. The van der Waals surface area contributed by atoms with Gasteiger partial charge in [0, 0.05) is 22.7 Å². The van der Waals surface area contributed by atoms with Gasteiger partial charge in [-0.05, 0) is 4.31 Å². The summed E-state index contributed by atoms with van der Waals surface area (Å²) in [6.07, 6.45) is -1.89. The van der Waals surface area contributed by atoms with Crippen LogP contribution in [0.25, 0.3) is 0 Å². The maximum atomic E-state index is 13.8. The van der Waals surface area contributed by atoms with Crippen molar-refractivity contribution in [2.75, 3.05) is 13.3 Å². The van der Waals surface area contributed by atoms with Crippen molar-refractivity contribution >= 4 is 23.9 Å². The Morgan fingerprint density at radius 3 is 2.55 bits per heavy atom. The molecule has 0 amide bonds. The zero-order chi connectivity index (χ0) is 23.6. The number of nitrogens with one attached hydrogen (secondary N) is 1. The van der Waals surface area contributed by atoms with Crippen LogP contribution < -0.4 is 11.2 Å². The van der Waals surface area contributed by atoms with Crippen LogP contribution in [0, 0.1) is 5.92 Å². The monoisotopic (exact) mass is 513 g/mol. The van der Waals surface area contributed by atoms with Crippen molar-refractivity contribution in [2.45, 2.75) is 24.9 Å². The largest absolute Gasteiger partial charge is 0.708 e. The molecule has 1 aromatic heterocycles. The zero-order valence-corrected chi connectivity index (χ0v) is 18.0. The average Bonchev–Trinajstić information content (AvgIpc) is 2.91. The van der Waals surface area contributed by atoms with Crippen LogP contribution >= 0.6 is 23.9 Å². The summed E-state index contributed by atoms with van der Waals surface area (Å²) in [5.74, 6) is -0.948. The molecule has 5 N–H and O–H groups in total. The lowest BCUT2D eigenvalue weighted by molar-refractivity contribution is -0.157. The first-order valence-corrected chi connectivity index (χ1v) is 12.1. The molecule has 2 rings (SSSR count). The van der Waals surface area contributed by atoms with Gasteiger partial charge in [-0.1, -0.05) is 6.92 Å². The van der Waals surface area contributed by atoms with Crippen molar-refractivity contribution in [1.82, 2.24) is 9.55 Å². The molecule has 1 aromatic rings. The molecule has 20 heteroatoms. The van der Waals surface area contributed by atoms with E-state index in [1.807, 2.05) is 4.98 Å². The maximum Gasteiger partial charge on any atom is 0.708 e. The Labute approximate surface area is 172 Å². The average molecular weight is 513 g/mol. The standard InChI is InChI=1S/C11H16FN2O14P3/c1-6-8(16)11(4-12,25-9(6)14-3-2-7(15)13-10(14)17)5-24-29(19)27-31(22,23)28-30(20,21)26-18/h2-3,6,8-9,16H,4-5H2,1H3,(H3-,13,15,17,18,20,21,22,23)/p+1/t6-,8-,9+,11+/m0/s1. The van der Waals surface area contributed by atoms with E-state index in [4.69, 9.17) is 14.9 Å². The van der Waals surface area contributed by atoms with Crippen molar-refractivity contribution in [3.05, 3.63) is 33.1 Å². The molecule has 176 valence electrons. The van der Waals surface area contributed by atoms with Crippen LogP contribution in [0.5, 0.6) is 0 Å². The van der Waals surface area contributed by atoms with Crippen molar-refractivity contribution in [1.29, 1.82) is 0 Å². The van der Waals surface area contributed by atoms with Crippen LogP contribution in [-0.4, -0.2) is 54.7 Å². The van der Waals surface area contributed by atoms with E-state index in [2.05, 4.69) is 17.8 Å². The first-order valence-electron chi connectivity index (χ1n) is 7.99. The van der Waals surface area contributed by atoms with Gasteiger partial charge in [0.15, 0.2) is 5.60 Å². The number of nitrogens with zero attached hydrogens (tertiary/aromatic N) is 1. The highest BCUT2D eigenvalue weighted by atomic mass is 31.3. The van der Waals surface area contributed by atoms with Crippen LogP contribution in [0.3, 0.4) is 0 Å². The van der Waals surface area contributed by atoms with Gasteiger partial charge in [0.2, 0.25) is 0 Å². The minimum atomic E-state index is -5.56. The number of aliphatic hydroxyl groups excluding tert-OH is 1. The van der Waals surface area contributed by atoms with Crippen LogP contribution in [0.4, 0.5) is 4.39 Å². The van der Waals surface area contributed by atoms with Gasteiger partial charge in [0.25, 0.3) is 5.56 Å². The Hall–Kier alpha value is -1.19. The molecule has 3 unspecified atom stereocenters. The highest BCUT2D eigenvalue weighted by Crippen LogP contribution is 2.63. The number of rotatable bonds is 10. The van der Waals surface area contributed by atoms with E-state index >= 15 is 0 Å². The minimum absolute atomic E-state index is 0.712. The number of alkyl halides is 1. The fraction of sp³-hybridized carbons (Fsp3) is 0.636. The molecule has 31 heavy (non-hydrogen) atoms. The Morgan fingerprint density at radius 2 is 2.00 bits per heavy atom. The molecule has 1 saturated heterocycles. The highest BCUT2D eigenvalue weighted by Gasteiger charge is 2.56. The predicted molar refractivity (Wildman–Crippen MR) is 94.4 cm³/mol. The predicted octanol–water partition coefficient (Wildman–Crippen LogP) is 0.168. The van der Waals surface area contributed by atoms with Gasteiger partial charge >= 0.3 is 29.6 Å². The van der Waals surface area contributed by atoms with E-state index < -0.39 is 72.3 Å². The van der Waals surface area contributed by atoms with Gasteiger partial charge in [-0.15, -0.1) is 9.20 Å². The molecule has 0 radical (unpaired) electrons. The van der Waals surface area contributed by atoms with E-state index in [1.165, 1.54) is 6.92 Å². The Morgan fingerprint density at radius 1 is 1.35 bits per heavy atom. The number of aliphatic hydroxyl groups is 1. The van der Waals surface area contributed by atoms with E-state index in [1.54, 1.807) is 0 Å². The number of H-pyrrole nitrogens is 1. The van der Waals surface area contributed by atoms with E-state index in [0.717, 1.165) is 16.8 Å². The van der Waals surface area contributed by atoms with Crippen molar-refractivity contribution in [2.24, 2.45) is 5.92 Å². The molecule has 16 nitrogen and oxygen atoms in total. The van der Waals surface area contributed by atoms with Crippen LogP contribution in [0.15, 0.2) is 21.9 Å². The number of aromatic nitrogens is 2. The van der Waals surface area contributed by atoms with Gasteiger partial charge in [0.05, 0.1) is 6.10 Å². The normalized spacial score (nSPS) is 30.5. The molecule has 0 aliphatic carbocycles. The van der Waals surface area contributed by atoms with E-state index in [0.29, 0.717) is 0 Å². The topological polar surface area (TPSA) is 233 Å². The lowest BCUT2D eigenvalue weighted by Gasteiger charge is -2.26. The van der Waals surface area contributed by atoms with Gasteiger partial charge in [-0.2, -0.15) is 4.31 Å². The Balaban J connectivity index is 2.13. The third-order valence-electron chi connectivity index (χ3n) is 4.09. The number of hydrogen-bond donors (Lipinski definition) is 5. The summed E-state index contributed by atoms with van der Waals surface area (Å²) in [5, 5.41) is 18.5.